The predicted octanol–water partition coefficient (Wildman–Crippen LogP) is -0.891. The van der Waals surface area contributed by atoms with E-state index in [1.165, 1.54) is 0 Å². The van der Waals surface area contributed by atoms with E-state index in [-0.39, 0.29) is 25.6 Å². The van der Waals surface area contributed by atoms with Gasteiger partial charge in [0, 0.05) is 13.2 Å². The summed E-state index contributed by atoms with van der Waals surface area (Å²) < 4.78 is 0. The quantitative estimate of drug-likeness (QED) is 0.425. The second kappa shape index (κ2) is 6.37. The van der Waals surface area contributed by atoms with Crippen molar-refractivity contribution in [1.82, 2.24) is 0 Å². The molecule has 0 aromatic carbocycles. The van der Waals surface area contributed by atoms with Crippen molar-refractivity contribution in [2.75, 3.05) is 13.2 Å². The fraction of sp³-hybridized carbons (Fsp3) is 1.00. The third-order valence-electron chi connectivity index (χ3n) is 1.82. The van der Waals surface area contributed by atoms with Crippen LogP contribution >= 0.6 is 0 Å². The second-order valence-corrected chi connectivity index (χ2v) is 3.17. The highest BCUT2D eigenvalue weighted by molar-refractivity contribution is 4.69. The van der Waals surface area contributed by atoms with E-state index >= 15 is 0 Å². The molecule has 0 heterocycles. The minimum atomic E-state index is -0.885. The third kappa shape index (κ3) is 4.66. The van der Waals surface area contributed by atoms with Crippen LogP contribution < -0.4 is 0 Å². The lowest BCUT2D eigenvalue weighted by atomic mass is 9.99. The highest BCUT2D eigenvalue weighted by atomic mass is 16.3. The van der Waals surface area contributed by atoms with E-state index in [2.05, 4.69) is 0 Å². The zero-order valence-corrected chi connectivity index (χ0v) is 7.35. The van der Waals surface area contributed by atoms with E-state index in [4.69, 9.17) is 10.2 Å². The van der Waals surface area contributed by atoms with Crippen molar-refractivity contribution in [3.05, 3.63) is 0 Å². The number of hydrogen-bond donors (Lipinski definition) is 4. The lowest BCUT2D eigenvalue weighted by Crippen LogP contribution is -2.29. The summed E-state index contributed by atoms with van der Waals surface area (Å²) in [6.07, 6.45) is -1.19. The molecule has 0 fully saturated rings. The van der Waals surface area contributed by atoms with Crippen LogP contribution in [-0.4, -0.2) is 45.8 Å². The van der Waals surface area contributed by atoms with Gasteiger partial charge in [-0.15, -0.1) is 0 Å². The molecule has 4 nitrogen and oxygen atoms in total. The van der Waals surface area contributed by atoms with Gasteiger partial charge in [-0.05, 0) is 18.8 Å². The highest BCUT2D eigenvalue weighted by Gasteiger charge is 2.17. The van der Waals surface area contributed by atoms with Crippen LogP contribution in [-0.2, 0) is 0 Å². The monoisotopic (exact) mass is 178 g/mol. The summed E-state index contributed by atoms with van der Waals surface area (Å²) in [5, 5.41) is 35.6. The molecule has 0 saturated carbocycles. The Morgan fingerprint density at radius 2 is 1.67 bits per heavy atom. The molecule has 0 rings (SSSR count). The zero-order valence-electron chi connectivity index (χ0n) is 7.35. The van der Waals surface area contributed by atoms with Gasteiger partial charge in [-0.1, -0.05) is 6.92 Å². The van der Waals surface area contributed by atoms with Gasteiger partial charge in [0.2, 0.25) is 0 Å². The lowest BCUT2D eigenvalue weighted by Gasteiger charge is -2.19. The molecule has 0 aromatic heterocycles. The third-order valence-corrected chi connectivity index (χ3v) is 1.82. The first-order valence-corrected chi connectivity index (χ1v) is 4.19. The first-order valence-electron chi connectivity index (χ1n) is 4.19. The normalized spacial score (nSPS) is 18.8. The van der Waals surface area contributed by atoms with Crippen molar-refractivity contribution in [3.63, 3.8) is 0 Å². The maximum Gasteiger partial charge on any atom is 0.0821 e. The molecular formula is C8H18O4. The molecule has 12 heavy (non-hydrogen) atoms. The SMILES string of the molecule is CC(CO)CC(O)C(O)CCO. The Balaban J connectivity index is 3.62. The van der Waals surface area contributed by atoms with Crippen molar-refractivity contribution in [3.8, 4) is 0 Å². The Morgan fingerprint density at radius 1 is 1.08 bits per heavy atom. The van der Waals surface area contributed by atoms with Crippen molar-refractivity contribution in [1.29, 1.82) is 0 Å². The van der Waals surface area contributed by atoms with E-state index < -0.39 is 12.2 Å². The summed E-state index contributed by atoms with van der Waals surface area (Å²) in [7, 11) is 0. The van der Waals surface area contributed by atoms with Crippen LogP contribution in [0.25, 0.3) is 0 Å². The topological polar surface area (TPSA) is 80.9 Å². The number of hydrogen-bond acceptors (Lipinski definition) is 4. The molecule has 0 bridgehead atoms. The summed E-state index contributed by atoms with van der Waals surface area (Å²) >= 11 is 0. The van der Waals surface area contributed by atoms with Crippen LogP contribution in [0.4, 0.5) is 0 Å². The molecule has 4 heteroatoms. The Morgan fingerprint density at radius 3 is 2.08 bits per heavy atom. The van der Waals surface area contributed by atoms with Gasteiger partial charge in [-0.3, -0.25) is 0 Å². The van der Waals surface area contributed by atoms with E-state index in [9.17, 15) is 10.2 Å². The van der Waals surface area contributed by atoms with Crippen molar-refractivity contribution in [2.24, 2.45) is 5.92 Å². The molecular weight excluding hydrogens is 160 g/mol. The van der Waals surface area contributed by atoms with Gasteiger partial charge in [-0.2, -0.15) is 0 Å². The van der Waals surface area contributed by atoms with Gasteiger partial charge in [-0.25, -0.2) is 0 Å². The van der Waals surface area contributed by atoms with Crippen molar-refractivity contribution >= 4 is 0 Å². The fourth-order valence-corrected chi connectivity index (χ4v) is 0.969. The largest absolute Gasteiger partial charge is 0.396 e. The van der Waals surface area contributed by atoms with Gasteiger partial charge in [0.15, 0.2) is 0 Å². The molecule has 0 aliphatic rings. The standard InChI is InChI=1S/C8H18O4/c1-6(5-10)4-8(12)7(11)2-3-9/h6-12H,2-5H2,1H3. The van der Waals surface area contributed by atoms with Gasteiger partial charge in [0.25, 0.3) is 0 Å². The van der Waals surface area contributed by atoms with Gasteiger partial charge in [0.05, 0.1) is 12.2 Å². The molecule has 3 atom stereocenters. The van der Waals surface area contributed by atoms with Crippen LogP contribution in [0.5, 0.6) is 0 Å². The van der Waals surface area contributed by atoms with Crippen molar-refractivity contribution in [2.45, 2.75) is 32.0 Å². The summed E-state index contributed by atoms with van der Waals surface area (Å²) in [6, 6.07) is 0. The minimum absolute atomic E-state index is 0.00288. The molecule has 0 spiro atoms. The van der Waals surface area contributed by atoms with Crippen LogP contribution in [0.15, 0.2) is 0 Å². The maximum atomic E-state index is 9.28. The molecule has 0 aliphatic heterocycles. The van der Waals surface area contributed by atoms with Gasteiger partial charge < -0.3 is 20.4 Å². The Hall–Kier alpha value is -0.160. The van der Waals surface area contributed by atoms with E-state index in [1.54, 1.807) is 6.92 Å². The fourth-order valence-electron chi connectivity index (χ4n) is 0.969. The summed E-state index contributed by atoms with van der Waals surface area (Å²) in [5.74, 6) is -0.0201. The Bertz CT molecular complexity index is 107. The molecule has 0 aliphatic carbocycles. The van der Waals surface area contributed by atoms with Crippen LogP contribution in [0.1, 0.15) is 19.8 Å². The maximum absolute atomic E-state index is 9.28. The lowest BCUT2D eigenvalue weighted by molar-refractivity contribution is -0.0102. The van der Waals surface area contributed by atoms with E-state index in [1.807, 2.05) is 0 Å². The molecule has 0 aromatic rings. The number of aliphatic hydroxyl groups excluding tert-OH is 4. The predicted molar refractivity (Wildman–Crippen MR) is 44.6 cm³/mol. The van der Waals surface area contributed by atoms with E-state index in [0.717, 1.165) is 0 Å². The molecule has 74 valence electrons. The van der Waals surface area contributed by atoms with E-state index in [0.29, 0.717) is 6.42 Å². The Kier molecular flexibility index (Phi) is 6.28. The molecule has 3 unspecified atom stereocenters. The summed E-state index contributed by atoms with van der Waals surface area (Å²) in [4.78, 5) is 0. The Labute approximate surface area is 72.5 Å². The first-order chi connectivity index (χ1) is 5.61. The highest BCUT2D eigenvalue weighted by Crippen LogP contribution is 2.10. The van der Waals surface area contributed by atoms with Gasteiger partial charge >= 0.3 is 0 Å². The molecule has 0 amide bonds. The second-order valence-electron chi connectivity index (χ2n) is 3.17. The van der Waals surface area contributed by atoms with Crippen molar-refractivity contribution < 1.29 is 20.4 Å². The average molecular weight is 178 g/mol. The molecule has 0 radical (unpaired) electrons. The average Bonchev–Trinajstić information content (AvgIpc) is 2.04. The zero-order chi connectivity index (χ0) is 9.56. The van der Waals surface area contributed by atoms with Crippen LogP contribution in [0.2, 0.25) is 0 Å². The summed E-state index contributed by atoms with van der Waals surface area (Å²) in [6.45, 7) is 1.66. The number of rotatable bonds is 6. The summed E-state index contributed by atoms with van der Waals surface area (Å²) in [5.41, 5.74) is 0. The first kappa shape index (κ1) is 11.8. The van der Waals surface area contributed by atoms with Crippen LogP contribution in [0.3, 0.4) is 0 Å². The molecule has 4 N–H and O–H groups in total. The number of aliphatic hydroxyl groups is 4. The smallest absolute Gasteiger partial charge is 0.0821 e. The minimum Gasteiger partial charge on any atom is -0.396 e. The van der Waals surface area contributed by atoms with Gasteiger partial charge in [0.1, 0.15) is 0 Å². The van der Waals surface area contributed by atoms with Crippen LogP contribution in [0, 0.1) is 5.92 Å². The molecule has 0 saturated heterocycles.